The van der Waals surface area contributed by atoms with Crippen LogP contribution in [0.15, 0.2) is 29.2 Å². The summed E-state index contributed by atoms with van der Waals surface area (Å²) in [7, 11) is -3.14. The lowest BCUT2D eigenvalue weighted by Crippen LogP contribution is -2.17. The van der Waals surface area contributed by atoms with E-state index >= 15 is 0 Å². The molecule has 0 aromatic heterocycles. The average molecular weight is 227 g/mol. The van der Waals surface area contributed by atoms with Crippen LogP contribution >= 0.6 is 0 Å². The first-order valence-electron chi connectivity index (χ1n) is 4.88. The van der Waals surface area contributed by atoms with E-state index in [2.05, 4.69) is 0 Å². The molecule has 84 valence electrons. The number of sulfone groups is 1. The second kappa shape index (κ2) is 4.33. The van der Waals surface area contributed by atoms with Crippen molar-refractivity contribution < 1.29 is 8.42 Å². The van der Waals surface area contributed by atoms with Crippen molar-refractivity contribution in [2.45, 2.75) is 24.8 Å². The lowest BCUT2D eigenvalue weighted by molar-refractivity contribution is 0.513. The first-order valence-corrected chi connectivity index (χ1v) is 6.77. The van der Waals surface area contributed by atoms with Gasteiger partial charge in [0, 0.05) is 12.3 Å². The van der Waals surface area contributed by atoms with Gasteiger partial charge in [0.05, 0.1) is 4.90 Å². The Morgan fingerprint density at radius 1 is 1.27 bits per heavy atom. The highest BCUT2D eigenvalue weighted by Crippen LogP contribution is 2.21. The third-order valence-corrected chi connectivity index (χ3v) is 3.50. The molecule has 2 N–H and O–H groups in total. The molecule has 0 aliphatic heterocycles. The van der Waals surface area contributed by atoms with Crippen molar-refractivity contribution in [3.63, 3.8) is 0 Å². The summed E-state index contributed by atoms with van der Waals surface area (Å²) in [6.45, 7) is 4.02. The van der Waals surface area contributed by atoms with Gasteiger partial charge in [0.25, 0.3) is 0 Å². The number of rotatable bonds is 3. The maximum atomic E-state index is 11.3. The zero-order valence-electron chi connectivity index (χ0n) is 9.27. The largest absolute Gasteiger partial charge is 0.324 e. The fourth-order valence-corrected chi connectivity index (χ4v) is 2.01. The van der Waals surface area contributed by atoms with E-state index in [9.17, 15) is 8.42 Å². The second-order valence-electron chi connectivity index (χ2n) is 4.11. The van der Waals surface area contributed by atoms with Crippen LogP contribution in [0.5, 0.6) is 0 Å². The summed E-state index contributed by atoms with van der Waals surface area (Å²) in [6.07, 6.45) is 1.20. The van der Waals surface area contributed by atoms with Crippen LogP contribution in [0.25, 0.3) is 0 Å². The van der Waals surface area contributed by atoms with E-state index in [1.165, 1.54) is 6.26 Å². The minimum atomic E-state index is -3.14. The standard InChI is InChI=1S/C11H17NO2S/c1-8(2)11(12)9-5-4-6-10(7-9)15(3,13)14/h4-8,11H,12H2,1-3H3/t11-/m0/s1. The number of hydrogen-bond donors (Lipinski definition) is 1. The van der Waals surface area contributed by atoms with E-state index in [1.54, 1.807) is 18.2 Å². The van der Waals surface area contributed by atoms with Gasteiger partial charge in [0.1, 0.15) is 0 Å². The monoisotopic (exact) mass is 227 g/mol. The number of hydrogen-bond acceptors (Lipinski definition) is 3. The normalized spacial score (nSPS) is 14.2. The van der Waals surface area contributed by atoms with Gasteiger partial charge in [0.2, 0.25) is 0 Å². The van der Waals surface area contributed by atoms with Gasteiger partial charge in [-0.3, -0.25) is 0 Å². The maximum Gasteiger partial charge on any atom is 0.175 e. The van der Waals surface area contributed by atoms with Crippen LogP contribution in [-0.4, -0.2) is 14.7 Å². The molecule has 0 aliphatic rings. The van der Waals surface area contributed by atoms with Gasteiger partial charge >= 0.3 is 0 Å². The zero-order valence-corrected chi connectivity index (χ0v) is 10.1. The molecule has 1 atom stereocenters. The van der Waals surface area contributed by atoms with E-state index in [-0.39, 0.29) is 6.04 Å². The molecule has 0 aliphatic carbocycles. The third kappa shape index (κ3) is 3.04. The number of nitrogens with two attached hydrogens (primary N) is 1. The SMILES string of the molecule is CC(C)[C@H](N)c1cccc(S(C)(=O)=O)c1. The van der Waals surface area contributed by atoms with Crippen molar-refractivity contribution in [3.8, 4) is 0 Å². The van der Waals surface area contributed by atoms with Crippen molar-refractivity contribution in [1.82, 2.24) is 0 Å². The molecule has 4 heteroatoms. The second-order valence-corrected chi connectivity index (χ2v) is 6.13. The third-order valence-electron chi connectivity index (χ3n) is 2.39. The van der Waals surface area contributed by atoms with Crippen molar-refractivity contribution in [3.05, 3.63) is 29.8 Å². The van der Waals surface area contributed by atoms with Crippen molar-refractivity contribution in [2.24, 2.45) is 11.7 Å². The van der Waals surface area contributed by atoms with Gasteiger partial charge < -0.3 is 5.73 Å². The molecule has 15 heavy (non-hydrogen) atoms. The molecular formula is C11H17NO2S. The van der Waals surface area contributed by atoms with Crippen LogP contribution in [0.4, 0.5) is 0 Å². The molecule has 0 saturated heterocycles. The Morgan fingerprint density at radius 2 is 1.87 bits per heavy atom. The summed E-state index contributed by atoms with van der Waals surface area (Å²) >= 11 is 0. The number of benzene rings is 1. The molecule has 1 aromatic carbocycles. The molecule has 0 unspecified atom stereocenters. The maximum absolute atomic E-state index is 11.3. The molecule has 0 heterocycles. The van der Waals surface area contributed by atoms with Gasteiger partial charge in [-0.25, -0.2) is 8.42 Å². The van der Waals surface area contributed by atoms with Gasteiger partial charge in [0.15, 0.2) is 9.84 Å². The van der Waals surface area contributed by atoms with Crippen LogP contribution in [-0.2, 0) is 9.84 Å². The Kier molecular flexibility index (Phi) is 3.52. The van der Waals surface area contributed by atoms with E-state index in [0.717, 1.165) is 5.56 Å². The average Bonchev–Trinajstić information content (AvgIpc) is 2.15. The fraction of sp³-hybridized carbons (Fsp3) is 0.455. The van der Waals surface area contributed by atoms with Crippen LogP contribution < -0.4 is 5.73 Å². The van der Waals surface area contributed by atoms with E-state index in [1.807, 2.05) is 19.9 Å². The summed E-state index contributed by atoms with van der Waals surface area (Å²) in [6, 6.07) is 6.71. The molecule has 3 nitrogen and oxygen atoms in total. The Bertz CT molecular complexity index is 438. The predicted octanol–water partition coefficient (Wildman–Crippen LogP) is 1.75. The van der Waals surface area contributed by atoms with Crippen LogP contribution in [0.1, 0.15) is 25.5 Å². The van der Waals surface area contributed by atoms with Crippen molar-refractivity contribution in [1.29, 1.82) is 0 Å². The van der Waals surface area contributed by atoms with E-state index < -0.39 is 9.84 Å². The molecule has 0 spiro atoms. The summed E-state index contributed by atoms with van der Waals surface area (Å²) < 4.78 is 22.7. The minimum absolute atomic E-state index is 0.119. The van der Waals surface area contributed by atoms with Crippen LogP contribution in [0.3, 0.4) is 0 Å². The van der Waals surface area contributed by atoms with Gasteiger partial charge in [-0.2, -0.15) is 0 Å². The lowest BCUT2D eigenvalue weighted by Gasteiger charge is -2.16. The summed E-state index contributed by atoms with van der Waals surface area (Å²) in [5.74, 6) is 0.291. The zero-order chi connectivity index (χ0) is 11.6. The first-order chi connectivity index (χ1) is 6.82. The van der Waals surface area contributed by atoms with Gasteiger partial charge in [-0.15, -0.1) is 0 Å². The molecule has 0 fully saturated rings. The molecule has 0 bridgehead atoms. The smallest absolute Gasteiger partial charge is 0.175 e. The van der Waals surface area contributed by atoms with Crippen LogP contribution in [0.2, 0.25) is 0 Å². The predicted molar refractivity (Wildman–Crippen MR) is 61.3 cm³/mol. The highest BCUT2D eigenvalue weighted by Gasteiger charge is 2.13. The minimum Gasteiger partial charge on any atom is -0.324 e. The van der Waals surface area contributed by atoms with Gasteiger partial charge in [-0.05, 0) is 23.6 Å². The fourth-order valence-electron chi connectivity index (χ4n) is 1.34. The molecule has 0 saturated carbocycles. The summed E-state index contributed by atoms with van der Waals surface area (Å²) in [4.78, 5) is 0.330. The first kappa shape index (κ1) is 12.2. The van der Waals surface area contributed by atoms with Gasteiger partial charge in [-0.1, -0.05) is 26.0 Å². The molecule has 1 aromatic rings. The summed E-state index contributed by atoms with van der Waals surface area (Å²) in [5, 5.41) is 0. The Labute approximate surface area is 91.2 Å². The van der Waals surface area contributed by atoms with E-state index in [4.69, 9.17) is 5.73 Å². The van der Waals surface area contributed by atoms with Crippen molar-refractivity contribution >= 4 is 9.84 Å². The molecule has 0 radical (unpaired) electrons. The Balaban J connectivity index is 3.14. The highest BCUT2D eigenvalue weighted by atomic mass is 32.2. The lowest BCUT2D eigenvalue weighted by atomic mass is 9.97. The molecule has 1 rings (SSSR count). The molecule has 0 amide bonds. The van der Waals surface area contributed by atoms with E-state index in [0.29, 0.717) is 10.8 Å². The molecular weight excluding hydrogens is 210 g/mol. The Morgan fingerprint density at radius 3 is 2.33 bits per heavy atom. The quantitative estimate of drug-likeness (QED) is 0.855. The van der Waals surface area contributed by atoms with Crippen molar-refractivity contribution in [2.75, 3.05) is 6.26 Å². The highest BCUT2D eigenvalue weighted by molar-refractivity contribution is 7.90. The summed E-state index contributed by atoms with van der Waals surface area (Å²) in [5.41, 5.74) is 6.82. The Hall–Kier alpha value is -0.870. The van der Waals surface area contributed by atoms with Crippen LogP contribution in [0, 0.1) is 5.92 Å². The topological polar surface area (TPSA) is 60.2 Å².